The maximum Gasteiger partial charge on any atom is 0.161 e. The van der Waals surface area contributed by atoms with Gasteiger partial charge < -0.3 is 4.90 Å². The Kier molecular flexibility index (Phi) is 2.86. The molecule has 2 nitrogen and oxygen atoms in total. The minimum absolute atomic E-state index is 0.277. The van der Waals surface area contributed by atoms with Crippen LogP contribution in [0.3, 0.4) is 0 Å². The third kappa shape index (κ3) is 2.46. The summed E-state index contributed by atoms with van der Waals surface area (Å²) in [5, 5.41) is 0. The molecule has 1 heterocycles. The van der Waals surface area contributed by atoms with Crippen molar-refractivity contribution in [2.24, 2.45) is 0 Å². The van der Waals surface area contributed by atoms with Gasteiger partial charge in [-0.2, -0.15) is 0 Å². The molecule has 1 aliphatic heterocycles. The Morgan fingerprint density at radius 1 is 1.27 bits per heavy atom. The van der Waals surface area contributed by atoms with E-state index in [4.69, 9.17) is 0 Å². The van der Waals surface area contributed by atoms with Gasteiger partial charge in [0.2, 0.25) is 0 Å². The molecule has 1 aromatic rings. The van der Waals surface area contributed by atoms with Gasteiger partial charge in [-0.05, 0) is 12.5 Å². The minimum atomic E-state index is 0.277. The van der Waals surface area contributed by atoms with Crippen LogP contribution in [-0.4, -0.2) is 17.2 Å². The first-order valence-corrected chi connectivity index (χ1v) is 5.25. The third-order valence-corrected chi connectivity index (χ3v) is 2.67. The summed E-state index contributed by atoms with van der Waals surface area (Å²) in [6.45, 7) is 3.62. The smallest absolute Gasteiger partial charge is 0.161 e. The van der Waals surface area contributed by atoms with Gasteiger partial charge in [0.25, 0.3) is 0 Å². The lowest BCUT2D eigenvalue weighted by molar-refractivity contribution is -0.116. The fraction of sp³-hybridized carbons (Fsp3) is 0.308. The van der Waals surface area contributed by atoms with Crippen LogP contribution < -0.4 is 0 Å². The van der Waals surface area contributed by atoms with E-state index in [2.05, 4.69) is 17.0 Å². The second-order valence-electron chi connectivity index (χ2n) is 3.94. The molecule has 78 valence electrons. The van der Waals surface area contributed by atoms with Crippen molar-refractivity contribution >= 4 is 5.78 Å². The average Bonchev–Trinajstić information content (AvgIpc) is 2.25. The van der Waals surface area contributed by atoms with Crippen molar-refractivity contribution in [1.29, 1.82) is 0 Å². The molecular formula is C13H15NO. The monoisotopic (exact) mass is 201 g/mol. The van der Waals surface area contributed by atoms with Crippen molar-refractivity contribution in [1.82, 2.24) is 4.90 Å². The zero-order chi connectivity index (χ0) is 10.7. The second kappa shape index (κ2) is 4.30. The molecule has 0 amide bonds. The molecule has 2 rings (SSSR count). The van der Waals surface area contributed by atoms with E-state index in [1.807, 2.05) is 31.3 Å². The lowest BCUT2D eigenvalue weighted by Crippen LogP contribution is -2.26. The molecule has 0 aromatic heterocycles. The maximum absolute atomic E-state index is 11.3. The van der Waals surface area contributed by atoms with Gasteiger partial charge in [0, 0.05) is 31.3 Å². The molecule has 1 aliphatic rings. The molecule has 0 fully saturated rings. The Labute approximate surface area is 90.2 Å². The number of nitrogens with zero attached hydrogens (tertiary/aromatic N) is 1. The van der Waals surface area contributed by atoms with Crippen LogP contribution in [0.2, 0.25) is 0 Å². The largest absolute Gasteiger partial charge is 0.372 e. The number of carbonyl (C=O) groups excluding carboxylic acids is 1. The number of benzene rings is 1. The molecule has 0 radical (unpaired) electrons. The van der Waals surface area contributed by atoms with E-state index in [1.165, 1.54) is 5.56 Å². The van der Waals surface area contributed by atoms with Crippen LogP contribution in [0.4, 0.5) is 0 Å². The summed E-state index contributed by atoms with van der Waals surface area (Å²) in [7, 11) is 0. The van der Waals surface area contributed by atoms with E-state index in [9.17, 15) is 4.79 Å². The summed E-state index contributed by atoms with van der Waals surface area (Å²) in [6, 6.07) is 10.3. The highest BCUT2D eigenvalue weighted by molar-refractivity contribution is 5.95. The van der Waals surface area contributed by atoms with E-state index in [0.29, 0.717) is 6.42 Å². The van der Waals surface area contributed by atoms with Crippen molar-refractivity contribution < 1.29 is 4.79 Å². The number of carbonyl (C=O) groups is 1. The second-order valence-corrected chi connectivity index (χ2v) is 3.94. The molecule has 0 bridgehead atoms. The maximum atomic E-state index is 11.3. The molecular weight excluding hydrogens is 186 g/mol. The Balaban J connectivity index is 2.05. The highest BCUT2D eigenvalue weighted by Crippen LogP contribution is 2.13. The summed E-state index contributed by atoms with van der Waals surface area (Å²) < 4.78 is 0. The summed E-state index contributed by atoms with van der Waals surface area (Å²) in [5.74, 6) is 0.277. The van der Waals surface area contributed by atoms with E-state index in [-0.39, 0.29) is 5.78 Å². The summed E-state index contributed by atoms with van der Waals surface area (Å²) >= 11 is 0. The van der Waals surface area contributed by atoms with E-state index >= 15 is 0 Å². The van der Waals surface area contributed by atoms with Gasteiger partial charge in [-0.3, -0.25) is 4.79 Å². The Morgan fingerprint density at radius 2 is 2.00 bits per heavy atom. The lowest BCUT2D eigenvalue weighted by atomic mass is 10.1. The van der Waals surface area contributed by atoms with Crippen LogP contribution in [-0.2, 0) is 11.3 Å². The number of rotatable bonds is 2. The predicted octanol–water partition coefficient (Wildman–Crippen LogP) is 2.37. The summed E-state index contributed by atoms with van der Waals surface area (Å²) in [6.07, 6.45) is 2.62. The molecule has 0 spiro atoms. The van der Waals surface area contributed by atoms with Crippen LogP contribution in [0, 0.1) is 0 Å². The summed E-state index contributed by atoms with van der Waals surface area (Å²) in [5.41, 5.74) is 2.16. The zero-order valence-electron chi connectivity index (χ0n) is 8.94. The SMILES string of the molecule is CC1=CN(Cc2ccccc2)CCC1=O. The number of ketones is 1. The topological polar surface area (TPSA) is 20.3 Å². The van der Waals surface area contributed by atoms with E-state index in [1.54, 1.807) is 0 Å². The minimum Gasteiger partial charge on any atom is -0.372 e. The van der Waals surface area contributed by atoms with Gasteiger partial charge in [0.1, 0.15) is 0 Å². The van der Waals surface area contributed by atoms with Crippen molar-refractivity contribution in [3.63, 3.8) is 0 Å². The van der Waals surface area contributed by atoms with Gasteiger partial charge in [-0.15, -0.1) is 0 Å². The van der Waals surface area contributed by atoms with Gasteiger partial charge in [-0.25, -0.2) is 0 Å². The highest BCUT2D eigenvalue weighted by atomic mass is 16.1. The highest BCUT2D eigenvalue weighted by Gasteiger charge is 2.14. The molecule has 15 heavy (non-hydrogen) atoms. The van der Waals surface area contributed by atoms with Gasteiger partial charge >= 0.3 is 0 Å². The van der Waals surface area contributed by atoms with Crippen LogP contribution in [0.5, 0.6) is 0 Å². The normalized spacial score (nSPS) is 16.5. The fourth-order valence-electron chi connectivity index (χ4n) is 1.80. The molecule has 0 saturated heterocycles. The standard InChI is InChI=1S/C13H15NO/c1-11-9-14(8-7-13(11)15)10-12-5-3-2-4-6-12/h2-6,9H,7-8,10H2,1H3. The Hall–Kier alpha value is -1.57. The quantitative estimate of drug-likeness (QED) is 0.732. The lowest BCUT2D eigenvalue weighted by Gasteiger charge is -2.24. The van der Waals surface area contributed by atoms with E-state index < -0.39 is 0 Å². The van der Waals surface area contributed by atoms with E-state index in [0.717, 1.165) is 18.7 Å². The van der Waals surface area contributed by atoms with Crippen molar-refractivity contribution in [3.05, 3.63) is 47.7 Å². The molecule has 1 aromatic carbocycles. The van der Waals surface area contributed by atoms with Crippen LogP contribution >= 0.6 is 0 Å². The molecule has 0 aliphatic carbocycles. The molecule has 0 N–H and O–H groups in total. The third-order valence-electron chi connectivity index (χ3n) is 2.67. The van der Waals surface area contributed by atoms with Crippen molar-refractivity contribution in [2.75, 3.05) is 6.54 Å². The van der Waals surface area contributed by atoms with Gasteiger partial charge in [0.05, 0.1) is 0 Å². The zero-order valence-corrected chi connectivity index (χ0v) is 8.94. The molecule has 0 atom stereocenters. The van der Waals surface area contributed by atoms with Crippen LogP contribution in [0.15, 0.2) is 42.1 Å². The van der Waals surface area contributed by atoms with Crippen LogP contribution in [0.25, 0.3) is 0 Å². The van der Waals surface area contributed by atoms with Crippen LogP contribution in [0.1, 0.15) is 18.9 Å². The number of Topliss-reactive ketones (excluding diaryl/α,β-unsaturated/α-hetero) is 1. The number of hydrogen-bond acceptors (Lipinski definition) is 2. The molecule has 0 unspecified atom stereocenters. The Morgan fingerprint density at radius 3 is 2.67 bits per heavy atom. The first-order chi connectivity index (χ1) is 7.25. The Bertz CT molecular complexity index is 381. The first-order valence-electron chi connectivity index (χ1n) is 5.25. The first kappa shape index (κ1) is 9.97. The average molecular weight is 201 g/mol. The summed E-state index contributed by atoms with van der Waals surface area (Å²) in [4.78, 5) is 13.5. The van der Waals surface area contributed by atoms with Gasteiger partial charge in [-0.1, -0.05) is 30.3 Å². The molecule has 2 heteroatoms. The van der Waals surface area contributed by atoms with Gasteiger partial charge in [0.15, 0.2) is 5.78 Å². The van der Waals surface area contributed by atoms with Crippen molar-refractivity contribution in [3.8, 4) is 0 Å². The van der Waals surface area contributed by atoms with Crippen molar-refractivity contribution in [2.45, 2.75) is 19.9 Å². The number of hydrogen-bond donors (Lipinski definition) is 0. The molecule has 0 saturated carbocycles. The fourth-order valence-corrected chi connectivity index (χ4v) is 1.80. The number of allylic oxidation sites excluding steroid dienone is 1. The predicted molar refractivity (Wildman–Crippen MR) is 60.2 cm³/mol.